The summed E-state index contributed by atoms with van der Waals surface area (Å²) in [5.74, 6) is -0.536. The van der Waals surface area contributed by atoms with E-state index in [2.05, 4.69) is 10.6 Å². The fourth-order valence-electron chi connectivity index (χ4n) is 2.29. The van der Waals surface area contributed by atoms with Gasteiger partial charge in [0.1, 0.15) is 6.61 Å². The normalized spacial score (nSPS) is 27.6. The topological polar surface area (TPSA) is 93.7 Å². The van der Waals surface area contributed by atoms with E-state index in [-0.39, 0.29) is 36.4 Å². The highest BCUT2D eigenvalue weighted by atomic mass is 16.5. The van der Waals surface area contributed by atoms with Crippen LogP contribution in [0.3, 0.4) is 0 Å². The SMILES string of the molecule is CCOC(=O)C1=C(COC(=O)[C@@H]2C[C@@H]2C)NC(=O)N[C@H]1C. The molecule has 0 aromatic carbocycles. The van der Waals surface area contributed by atoms with Crippen molar-refractivity contribution in [3.05, 3.63) is 11.3 Å². The van der Waals surface area contributed by atoms with E-state index in [0.29, 0.717) is 5.92 Å². The Morgan fingerprint density at radius 1 is 1.29 bits per heavy atom. The van der Waals surface area contributed by atoms with Gasteiger partial charge >= 0.3 is 18.0 Å². The monoisotopic (exact) mass is 296 g/mol. The van der Waals surface area contributed by atoms with Crippen molar-refractivity contribution >= 4 is 18.0 Å². The summed E-state index contributed by atoms with van der Waals surface area (Å²) in [7, 11) is 0. The van der Waals surface area contributed by atoms with Gasteiger partial charge in [0.2, 0.25) is 0 Å². The van der Waals surface area contributed by atoms with Gasteiger partial charge in [0.05, 0.1) is 29.8 Å². The van der Waals surface area contributed by atoms with Gasteiger partial charge in [-0.2, -0.15) is 0 Å². The lowest BCUT2D eigenvalue weighted by molar-refractivity contribution is -0.145. The Morgan fingerprint density at radius 3 is 2.52 bits per heavy atom. The molecule has 116 valence electrons. The largest absolute Gasteiger partial charge is 0.463 e. The Morgan fingerprint density at radius 2 is 1.95 bits per heavy atom. The van der Waals surface area contributed by atoms with E-state index >= 15 is 0 Å². The fourth-order valence-corrected chi connectivity index (χ4v) is 2.29. The van der Waals surface area contributed by atoms with E-state index in [9.17, 15) is 14.4 Å². The van der Waals surface area contributed by atoms with Gasteiger partial charge in [-0.05, 0) is 26.2 Å². The lowest BCUT2D eigenvalue weighted by atomic mass is 10.0. The number of ether oxygens (including phenoxy) is 2. The van der Waals surface area contributed by atoms with Gasteiger partial charge in [0.25, 0.3) is 0 Å². The molecule has 0 unspecified atom stereocenters. The van der Waals surface area contributed by atoms with E-state index in [1.54, 1.807) is 13.8 Å². The highest BCUT2D eigenvalue weighted by Crippen LogP contribution is 2.38. The second-order valence-corrected chi connectivity index (χ2v) is 5.36. The maximum atomic E-state index is 12.0. The first kappa shape index (κ1) is 15.3. The first-order valence-electron chi connectivity index (χ1n) is 7.08. The van der Waals surface area contributed by atoms with Gasteiger partial charge in [-0.1, -0.05) is 6.92 Å². The highest BCUT2D eigenvalue weighted by molar-refractivity contribution is 5.94. The van der Waals surface area contributed by atoms with Crippen molar-refractivity contribution in [3.63, 3.8) is 0 Å². The van der Waals surface area contributed by atoms with Crippen LogP contribution in [0.4, 0.5) is 4.79 Å². The molecule has 1 heterocycles. The number of hydrogen-bond acceptors (Lipinski definition) is 5. The van der Waals surface area contributed by atoms with Crippen LogP contribution >= 0.6 is 0 Å². The minimum absolute atomic E-state index is 0.0634. The summed E-state index contributed by atoms with van der Waals surface area (Å²) in [6, 6.07) is -0.923. The van der Waals surface area contributed by atoms with Gasteiger partial charge < -0.3 is 20.1 Å². The predicted octanol–water partition coefficient (Wildman–Crippen LogP) is 0.704. The molecule has 2 N–H and O–H groups in total. The van der Waals surface area contributed by atoms with Crippen LogP contribution < -0.4 is 10.6 Å². The standard InChI is InChI=1S/C14H20N2O5/c1-4-20-13(18)11-8(3)15-14(19)16-10(11)6-21-12(17)9-5-7(9)2/h7-9H,4-6H2,1-3H3,(H2,15,16,19)/t7-,8-,9+/m0/s1. The van der Waals surface area contributed by atoms with Crippen LogP contribution in [0.15, 0.2) is 11.3 Å². The van der Waals surface area contributed by atoms with Crippen LogP contribution in [0.25, 0.3) is 0 Å². The van der Waals surface area contributed by atoms with Crippen molar-refractivity contribution in [2.24, 2.45) is 11.8 Å². The third kappa shape index (κ3) is 3.53. The van der Waals surface area contributed by atoms with E-state index in [1.807, 2.05) is 6.92 Å². The maximum absolute atomic E-state index is 12.0. The first-order valence-corrected chi connectivity index (χ1v) is 7.08. The van der Waals surface area contributed by atoms with Crippen molar-refractivity contribution in [2.75, 3.05) is 13.2 Å². The Balaban J connectivity index is 2.09. The predicted molar refractivity (Wildman–Crippen MR) is 73.0 cm³/mol. The zero-order valence-corrected chi connectivity index (χ0v) is 12.4. The molecule has 1 aliphatic heterocycles. The molecule has 3 atom stereocenters. The molecule has 0 aromatic heterocycles. The van der Waals surface area contributed by atoms with Crippen molar-refractivity contribution in [1.82, 2.24) is 10.6 Å². The highest BCUT2D eigenvalue weighted by Gasteiger charge is 2.41. The van der Waals surface area contributed by atoms with E-state index < -0.39 is 18.0 Å². The first-order chi connectivity index (χ1) is 9.93. The van der Waals surface area contributed by atoms with Crippen molar-refractivity contribution < 1.29 is 23.9 Å². The maximum Gasteiger partial charge on any atom is 0.338 e. The van der Waals surface area contributed by atoms with Crippen LogP contribution in [-0.2, 0) is 19.1 Å². The zero-order valence-electron chi connectivity index (χ0n) is 12.4. The third-order valence-corrected chi connectivity index (χ3v) is 3.64. The van der Waals surface area contributed by atoms with Crippen LogP contribution in [-0.4, -0.2) is 37.2 Å². The molecule has 21 heavy (non-hydrogen) atoms. The summed E-state index contributed by atoms with van der Waals surface area (Å²) < 4.78 is 10.2. The van der Waals surface area contributed by atoms with Crippen molar-refractivity contribution in [2.45, 2.75) is 33.2 Å². The van der Waals surface area contributed by atoms with Gasteiger partial charge in [-0.15, -0.1) is 0 Å². The molecule has 2 rings (SSSR count). The molecule has 0 aromatic rings. The van der Waals surface area contributed by atoms with Crippen molar-refractivity contribution in [3.8, 4) is 0 Å². The fraction of sp³-hybridized carbons (Fsp3) is 0.643. The van der Waals surface area contributed by atoms with Gasteiger partial charge in [0, 0.05) is 0 Å². The number of urea groups is 1. The van der Waals surface area contributed by atoms with Gasteiger partial charge in [0.15, 0.2) is 0 Å². The van der Waals surface area contributed by atoms with Crippen LogP contribution in [0.5, 0.6) is 0 Å². The average Bonchev–Trinajstić information content (AvgIpc) is 3.12. The lowest BCUT2D eigenvalue weighted by Crippen LogP contribution is -2.50. The number of hydrogen-bond donors (Lipinski definition) is 2. The lowest BCUT2D eigenvalue weighted by Gasteiger charge is -2.26. The molecule has 1 saturated carbocycles. The minimum Gasteiger partial charge on any atom is -0.463 e. The molecular weight excluding hydrogens is 276 g/mol. The third-order valence-electron chi connectivity index (χ3n) is 3.64. The molecule has 1 aliphatic carbocycles. The number of amides is 2. The molecule has 1 fully saturated rings. The van der Waals surface area contributed by atoms with E-state index in [4.69, 9.17) is 9.47 Å². The van der Waals surface area contributed by atoms with E-state index in [1.165, 1.54) is 0 Å². The number of rotatable bonds is 5. The second kappa shape index (κ2) is 6.15. The summed E-state index contributed by atoms with van der Waals surface area (Å²) in [5.41, 5.74) is 0.569. The molecule has 2 amide bonds. The van der Waals surface area contributed by atoms with Gasteiger partial charge in [-0.25, -0.2) is 9.59 Å². The Labute approximate surface area is 123 Å². The van der Waals surface area contributed by atoms with Gasteiger partial charge in [-0.3, -0.25) is 4.79 Å². The smallest absolute Gasteiger partial charge is 0.338 e. The number of nitrogens with one attached hydrogen (secondary N) is 2. The second-order valence-electron chi connectivity index (χ2n) is 5.36. The minimum atomic E-state index is -0.525. The zero-order chi connectivity index (χ0) is 15.6. The van der Waals surface area contributed by atoms with Crippen LogP contribution in [0, 0.1) is 11.8 Å². The summed E-state index contributed by atoms with van der Waals surface area (Å²) in [4.78, 5) is 35.2. The summed E-state index contributed by atoms with van der Waals surface area (Å²) in [6.45, 7) is 5.45. The summed E-state index contributed by atoms with van der Waals surface area (Å²) in [5, 5.41) is 5.09. The Hall–Kier alpha value is -2.05. The molecule has 0 bridgehead atoms. The molecule has 0 saturated heterocycles. The van der Waals surface area contributed by atoms with E-state index in [0.717, 1.165) is 6.42 Å². The van der Waals surface area contributed by atoms with Crippen LogP contribution in [0.1, 0.15) is 27.2 Å². The number of esters is 2. The quantitative estimate of drug-likeness (QED) is 0.729. The Bertz CT molecular complexity index is 500. The number of carbonyl (C=O) groups excluding carboxylic acids is 3. The summed E-state index contributed by atoms with van der Waals surface area (Å²) in [6.07, 6.45) is 0.826. The molecule has 2 aliphatic rings. The van der Waals surface area contributed by atoms with Crippen molar-refractivity contribution in [1.29, 1.82) is 0 Å². The van der Waals surface area contributed by atoms with Crippen LogP contribution in [0.2, 0.25) is 0 Å². The molecule has 7 heteroatoms. The summed E-state index contributed by atoms with van der Waals surface area (Å²) >= 11 is 0. The number of carbonyl (C=O) groups is 3. The molecule has 0 radical (unpaired) electrons. The molecule has 7 nitrogen and oxygen atoms in total. The molecular formula is C14H20N2O5. The Kier molecular flexibility index (Phi) is 4.50. The molecule has 0 spiro atoms. The average molecular weight is 296 g/mol.